The summed E-state index contributed by atoms with van der Waals surface area (Å²) >= 11 is 0. The monoisotopic (exact) mass is 223 g/mol. The highest BCUT2D eigenvalue weighted by Gasteiger charge is 2.13. The van der Waals surface area contributed by atoms with E-state index >= 15 is 0 Å². The maximum absolute atomic E-state index is 5.29. The molecule has 4 heteroatoms. The first-order valence-electron chi connectivity index (χ1n) is 6.11. The lowest BCUT2D eigenvalue weighted by Gasteiger charge is -2.23. The molecule has 1 aliphatic heterocycles. The fraction of sp³-hybridized carbons (Fsp3) is 0.750. The molecule has 0 bridgehead atoms. The molecule has 90 valence electrons. The average molecular weight is 223 g/mol. The Morgan fingerprint density at radius 2 is 2.44 bits per heavy atom. The number of aromatic nitrogens is 2. The van der Waals surface area contributed by atoms with E-state index in [1.165, 1.54) is 25.8 Å². The molecular formula is C12H21N3O. The summed E-state index contributed by atoms with van der Waals surface area (Å²) in [6.45, 7) is 4.10. The van der Waals surface area contributed by atoms with E-state index in [-0.39, 0.29) is 0 Å². The zero-order chi connectivity index (χ0) is 11.4. The molecule has 1 saturated heterocycles. The van der Waals surface area contributed by atoms with Gasteiger partial charge >= 0.3 is 0 Å². The lowest BCUT2D eigenvalue weighted by Crippen LogP contribution is -2.34. The molecule has 0 radical (unpaired) electrons. The van der Waals surface area contributed by atoms with E-state index in [1.54, 1.807) is 7.11 Å². The predicted octanol–water partition coefficient (Wildman–Crippen LogP) is 1.73. The van der Waals surface area contributed by atoms with Gasteiger partial charge in [-0.2, -0.15) is 5.10 Å². The van der Waals surface area contributed by atoms with Crippen molar-refractivity contribution in [3.05, 3.63) is 11.8 Å². The molecule has 0 spiro atoms. The largest absolute Gasteiger partial charge is 0.481 e. The fourth-order valence-electron chi connectivity index (χ4n) is 2.29. The maximum atomic E-state index is 5.29. The second-order valence-corrected chi connectivity index (χ2v) is 4.49. The summed E-state index contributed by atoms with van der Waals surface area (Å²) in [6.07, 6.45) is 5.10. The van der Waals surface area contributed by atoms with Gasteiger partial charge in [0.05, 0.1) is 12.8 Å². The number of hydrogen-bond acceptors (Lipinski definition) is 3. The van der Waals surface area contributed by atoms with E-state index in [2.05, 4.69) is 10.4 Å². The molecule has 4 nitrogen and oxygen atoms in total. The van der Waals surface area contributed by atoms with Crippen molar-refractivity contribution in [2.24, 2.45) is 0 Å². The molecular weight excluding hydrogens is 202 g/mol. The van der Waals surface area contributed by atoms with Crippen LogP contribution in [0.3, 0.4) is 0 Å². The lowest BCUT2D eigenvalue weighted by atomic mass is 10.0. The van der Waals surface area contributed by atoms with E-state index in [1.807, 2.05) is 17.7 Å². The summed E-state index contributed by atoms with van der Waals surface area (Å²) in [5.74, 6) is 0.869. The van der Waals surface area contributed by atoms with Gasteiger partial charge in [-0.05, 0) is 32.7 Å². The van der Waals surface area contributed by atoms with E-state index in [0.29, 0.717) is 6.04 Å². The molecule has 1 aromatic heterocycles. The molecule has 2 rings (SSSR count). The topological polar surface area (TPSA) is 39.1 Å². The lowest BCUT2D eigenvalue weighted by molar-refractivity contribution is 0.327. The number of piperidine rings is 1. The van der Waals surface area contributed by atoms with Crippen LogP contribution < -0.4 is 10.1 Å². The molecule has 1 atom stereocenters. The van der Waals surface area contributed by atoms with Gasteiger partial charge in [-0.25, -0.2) is 4.68 Å². The van der Waals surface area contributed by atoms with Crippen LogP contribution in [0.15, 0.2) is 6.07 Å². The minimum atomic E-state index is 0.656. The fourth-order valence-corrected chi connectivity index (χ4v) is 2.29. The van der Waals surface area contributed by atoms with Crippen molar-refractivity contribution in [1.29, 1.82) is 0 Å². The summed E-state index contributed by atoms with van der Waals surface area (Å²) in [5.41, 5.74) is 1.02. The molecule has 1 fully saturated rings. The molecule has 1 aromatic rings. The van der Waals surface area contributed by atoms with Crippen molar-refractivity contribution in [3.63, 3.8) is 0 Å². The number of methoxy groups -OCH3 is 1. The van der Waals surface area contributed by atoms with Gasteiger partial charge in [0, 0.05) is 18.7 Å². The zero-order valence-electron chi connectivity index (χ0n) is 10.2. The van der Waals surface area contributed by atoms with Crippen molar-refractivity contribution >= 4 is 0 Å². The molecule has 0 amide bonds. The highest BCUT2D eigenvalue weighted by Crippen LogP contribution is 2.15. The third kappa shape index (κ3) is 2.76. The Morgan fingerprint density at radius 3 is 3.12 bits per heavy atom. The Bertz CT molecular complexity index is 329. The van der Waals surface area contributed by atoms with Gasteiger partial charge in [-0.15, -0.1) is 0 Å². The van der Waals surface area contributed by atoms with Crippen molar-refractivity contribution in [2.75, 3.05) is 13.7 Å². The average Bonchev–Trinajstić information content (AvgIpc) is 2.68. The molecule has 0 aromatic carbocycles. The summed E-state index contributed by atoms with van der Waals surface area (Å²) < 4.78 is 7.25. The second-order valence-electron chi connectivity index (χ2n) is 4.49. The second kappa shape index (κ2) is 5.34. The number of aryl methyl sites for hydroxylation is 2. The van der Waals surface area contributed by atoms with Gasteiger partial charge in [0.2, 0.25) is 5.88 Å². The van der Waals surface area contributed by atoms with Gasteiger partial charge in [0.25, 0.3) is 0 Å². The van der Waals surface area contributed by atoms with Crippen LogP contribution in [0.25, 0.3) is 0 Å². The van der Waals surface area contributed by atoms with Gasteiger partial charge in [0.15, 0.2) is 0 Å². The van der Waals surface area contributed by atoms with Crippen LogP contribution in [-0.4, -0.2) is 29.5 Å². The molecule has 1 aliphatic rings. The molecule has 0 aliphatic carbocycles. The SMILES string of the molecule is COc1cc(C)nn1CCC1CCCCN1. The van der Waals surface area contributed by atoms with Crippen molar-refractivity contribution < 1.29 is 4.74 Å². The van der Waals surface area contributed by atoms with Crippen molar-refractivity contribution in [1.82, 2.24) is 15.1 Å². The highest BCUT2D eigenvalue weighted by atomic mass is 16.5. The minimum absolute atomic E-state index is 0.656. The highest BCUT2D eigenvalue weighted by molar-refractivity contribution is 5.14. The van der Waals surface area contributed by atoms with Gasteiger partial charge < -0.3 is 10.1 Å². The van der Waals surface area contributed by atoms with Crippen LogP contribution in [0.4, 0.5) is 0 Å². The third-order valence-electron chi connectivity index (χ3n) is 3.18. The first-order chi connectivity index (χ1) is 7.79. The van der Waals surface area contributed by atoms with E-state index in [9.17, 15) is 0 Å². The number of nitrogens with one attached hydrogen (secondary N) is 1. The van der Waals surface area contributed by atoms with Gasteiger partial charge in [-0.1, -0.05) is 6.42 Å². The van der Waals surface area contributed by atoms with E-state index in [4.69, 9.17) is 4.74 Å². The molecule has 1 unspecified atom stereocenters. The van der Waals surface area contributed by atoms with Crippen LogP contribution >= 0.6 is 0 Å². The smallest absolute Gasteiger partial charge is 0.211 e. The van der Waals surface area contributed by atoms with Gasteiger partial charge in [0.1, 0.15) is 0 Å². The number of hydrogen-bond donors (Lipinski definition) is 1. The van der Waals surface area contributed by atoms with Crippen LogP contribution in [0.1, 0.15) is 31.4 Å². The van der Waals surface area contributed by atoms with E-state index in [0.717, 1.165) is 24.5 Å². The number of rotatable bonds is 4. The number of ether oxygens (including phenoxy) is 1. The predicted molar refractivity (Wildman–Crippen MR) is 63.8 cm³/mol. The zero-order valence-corrected chi connectivity index (χ0v) is 10.2. The standard InChI is InChI=1S/C12H21N3O/c1-10-9-12(16-2)15(14-10)8-6-11-5-3-4-7-13-11/h9,11,13H,3-8H2,1-2H3. The molecule has 2 heterocycles. The summed E-state index contributed by atoms with van der Waals surface area (Å²) in [7, 11) is 1.70. The normalized spacial score (nSPS) is 21.0. The minimum Gasteiger partial charge on any atom is -0.481 e. The van der Waals surface area contributed by atoms with E-state index < -0.39 is 0 Å². The maximum Gasteiger partial charge on any atom is 0.211 e. The Balaban J connectivity index is 1.87. The third-order valence-corrected chi connectivity index (χ3v) is 3.18. The van der Waals surface area contributed by atoms with Crippen molar-refractivity contribution in [3.8, 4) is 5.88 Å². The summed E-state index contributed by atoms with van der Waals surface area (Å²) in [6, 6.07) is 2.64. The molecule has 16 heavy (non-hydrogen) atoms. The van der Waals surface area contributed by atoms with Crippen molar-refractivity contribution in [2.45, 2.75) is 45.2 Å². The van der Waals surface area contributed by atoms with Crippen LogP contribution in [0, 0.1) is 6.92 Å². The Morgan fingerprint density at radius 1 is 1.56 bits per heavy atom. The Labute approximate surface area is 97.0 Å². The first kappa shape index (κ1) is 11.5. The quantitative estimate of drug-likeness (QED) is 0.845. The first-order valence-corrected chi connectivity index (χ1v) is 6.11. The molecule has 1 N–H and O–H groups in total. The summed E-state index contributed by atoms with van der Waals surface area (Å²) in [5, 5.41) is 7.98. The Kier molecular flexibility index (Phi) is 3.83. The van der Waals surface area contributed by atoms with Gasteiger partial charge in [-0.3, -0.25) is 0 Å². The summed E-state index contributed by atoms with van der Waals surface area (Å²) in [4.78, 5) is 0. The molecule has 0 saturated carbocycles. The number of nitrogens with zero attached hydrogens (tertiary/aromatic N) is 2. The Hall–Kier alpha value is -1.03. The van der Waals surface area contributed by atoms with Crippen LogP contribution in [0.5, 0.6) is 5.88 Å². The van der Waals surface area contributed by atoms with Crippen LogP contribution in [0.2, 0.25) is 0 Å². The van der Waals surface area contributed by atoms with Crippen LogP contribution in [-0.2, 0) is 6.54 Å².